The summed E-state index contributed by atoms with van der Waals surface area (Å²) in [6.45, 7) is 3.99. The van der Waals surface area contributed by atoms with Gasteiger partial charge in [-0.3, -0.25) is 0 Å². The molecule has 32 heavy (non-hydrogen) atoms. The topological polar surface area (TPSA) is 58.6 Å². The van der Waals surface area contributed by atoms with E-state index in [0.29, 0.717) is 0 Å². The van der Waals surface area contributed by atoms with Crippen LogP contribution in [-0.2, 0) is 20.9 Å². The molecule has 0 aliphatic carbocycles. The van der Waals surface area contributed by atoms with Crippen molar-refractivity contribution in [2.24, 2.45) is 0 Å². The second kappa shape index (κ2) is 10.3. The summed E-state index contributed by atoms with van der Waals surface area (Å²) in [6.07, 6.45) is 0.358. The zero-order valence-electron chi connectivity index (χ0n) is 17.2. The molecule has 1 aromatic carbocycles. The van der Waals surface area contributed by atoms with E-state index in [-0.39, 0.29) is 30.2 Å². The average Bonchev–Trinajstić information content (AvgIpc) is 2.90. The van der Waals surface area contributed by atoms with E-state index in [0.717, 1.165) is 5.56 Å². The number of benzene rings is 1. The summed E-state index contributed by atoms with van der Waals surface area (Å²) in [6, 6.07) is 8.15. The van der Waals surface area contributed by atoms with Crippen LogP contribution in [0.3, 0.4) is 0 Å². The van der Waals surface area contributed by atoms with Crippen LogP contribution in [0.2, 0.25) is 0 Å². The number of thioether (sulfide) groups is 1. The molecule has 1 N–H and O–H groups in total. The van der Waals surface area contributed by atoms with Crippen LogP contribution >= 0.6 is 89.4 Å². The number of carbonyl (C=O) groups is 2. The number of carbonyl (C=O) groups excluding carboxylic acids is 2. The molecule has 180 valence electrons. The van der Waals surface area contributed by atoms with E-state index >= 15 is 0 Å². The molecule has 0 radical (unpaired) electrons. The number of alkyl halides is 6. The molecule has 1 aromatic rings. The number of halogens is 6. The third-order valence-electron chi connectivity index (χ3n) is 5.26. The van der Waals surface area contributed by atoms with E-state index in [9.17, 15) is 9.59 Å². The van der Waals surface area contributed by atoms with Crippen molar-refractivity contribution in [3.05, 3.63) is 35.9 Å². The summed E-state index contributed by atoms with van der Waals surface area (Å²) < 4.78 is 1.94. The molecule has 2 fully saturated rings. The van der Waals surface area contributed by atoms with Gasteiger partial charge in [0.15, 0.2) is 0 Å². The number of rotatable bonds is 7. The molecule has 0 aromatic heterocycles. The zero-order valence-corrected chi connectivity index (χ0v) is 23.7. The fourth-order valence-electron chi connectivity index (χ4n) is 3.96. The van der Waals surface area contributed by atoms with Crippen LogP contribution < -0.4 is 5.09 Å². The molecule has 3 rings (SSSR count). The van der Waals surface area contributed by atoms with Gasteiger partial charge < -0.3 is 0 Å². The van der Waals surface area contributed by atoms with Gasteiger partial charge in [-0.1, -0.05) is 0 Å². The number of ether oxygens (including phenoxy) is 1. The van der Waals surface area contributed by atoms with E-state index in [1.165, 1.54) is 11.8 Å². The van der Waals surface area contributed by atoms with Gasteiger partial charge in [-0.2, -0.15) is 0 Å². The number of β-lactam (4-membered cyclic amide) rings is 1. The normalized spacial score (nSPS) is 25.2. The van der Waals surface area contributed by atoms with Crippen LogP contribution in [-0.4, -0.2) is 58.9 Å². The van der Waals surface area contributed by atoms with Gasteiger partial charge in [-0.25, -0.2) is 0 Å². The molecule has 2 saturated heterocycles. The van der Waals surface area contributed by atoms with Gasteiger partial charge in [0, 0.05) is 0 Å². The van der Waals surface area contributed by atoms with Crippen molar-refractivity contribution in [3.63, 3.8) is 0 Å². The molecule has 2 aliphatic heterocycles. The molecule has 0 spiro atoms. The van der Waals surface area contributed by atoms with Crippen molar-refractivity contribution in [2.75, 3.05) is 12.3 Å². The standard InChI is InChI=1S/C19H23Cl6N2O3PS/c1-17(2)13(16(29)30-8-11-6-4-3-5-7-11)27-14(28)12(15(27)32-17)26-31(9-18(20,21)22)10-19(23,24)25/h3-7,12-13,15,26H,8-10,31H2,1-2H3/t12-,13+,15-/m1/s1. The summed E-state index contributed by atoms with van der Waals surface area (Å²) in [5.41, 5.74) is 0.877. The summed E-state index contributed by atoms with van der Waals surface area (Å²) in [5, 5.41) is 3.05. The number of nitrogens with zero attached hydrogens (tertiary/aromatic N) is 1. The molecule has 13 heteroatoms. The minimum atomic E-state index is -2.16. The summed E-state index contributed by atoms with van der Waals surface area (Å²) in [4.78, 5) is 27.6. The van der Waals surface area contributed by atoms with E-state index in [1.807, 2.05) is 44.2 Å². The predicted molar refractivity (Wildman–Crippen MR) is 139 cm³/mol. The maximum atomic E-state index is 13.1. The molecule has 5 nitrogen and oxygen atoms in total. The summed E-state index contributed by atoms with van der Waals surface area (Å²) in [7, 11) is -2.16. The Hall–Kier alpha value is 0.640. The van der Waals surface area contributed by atoms with Crippen LogP contribution in [0, 0.1) is 0 Å². The van der Waals surface area contributed by atoms with Gasteiger partial charge in [-0.05, 0) is 0 Å². The fourth-order valence-corrected chi connectivity index (χ4v) is 11.4. The number of nitrogens with one attached hydrogen (secondary N) is 1. The van der Waals surface area contributed by atoms with Crippen LogP contribution in [0.4, 0.5) is 0 Å². The van der Waals surface area contributed by atoms with E-state index in [1.54, 1.807) is 4.90 Å². The van der Waals surface area contributed by atoms with E-state index < -0.39 is 38.5 Å². The number of hydrogen-bond acceptors (Lipinski definition) is 5. The molecule has 0 bridgehead atoms. The second-order valence-electron chi connectivity index (χ2n) is 8.33. The molecule has 0 unspecified atom stereocenters. The van der Waals surface area contributed by atoms with Crippen LogP contribution in [0.1, 0.15) is 19.4 Å². The van der Waals surface area contributed by atoms with Crippen molar-refractivity contribution in [2.45, 2.75) is 50.2 Å². The third kappa shape index (κ3) is 6.86. The predicted octanol–water partition coefficient (Wildman–Crippen LogP) is 5.35. The molecular formula is C19H23Cl6N2O3PS. The third-order valence-corrected chi connectivity index (χ3v) is 12.4. The quantitative estimate of drug-likeness (QED) is 0.197. The first-order chi connectivity index (χ1) is 14.7. The van der Waals surface area contributed by atoms with Crippen molar-refractivity contribution in [1.29, 1.82) is 0 Å². The molecule has 2 aliphatic rings. The SMILES string of the molecule is CC1(C)S[C@@H]2[C@H](N[PH2](CC(Cl)(Cl)Cl)CC(Cl)(Cl)Cl)C(=O)N2[C@H]1C(=O)OCc1ccccc1. The first kappa shape index (κ1) is 27.2. The Bertz CT molecular complexity index is 836. The van der Waals surface area contributed by atoms with Crippen LogP contribution in [0.15, 0.2) is 30.3 Å². The molecule has 0 saturated carbocycles. The maximum absolute atomic E-state index is 13.1. The zero-order chi connectivity index (χ0) is 23.9. The Kier molecular flexibility index (Phi) is 8.79. The van der Waals surface area contributed by atoms with E-state index in [4.69, 9.17) is 74.3 Å². The first-order valence-electron chi connectivity index (χ1n) is 9.78. The Labute approximate surface area is 222 Å². The van der Waals surface area contributed by atoms with Gasteiger partial charge in [0.1, 0.15) is 0 Å². The van der Waals surface area contributed by atoms with Crippen molar-refractivity contribution in [1.82, 2.24) is 9.99 Å². The number of fused-ring (bicyclic) bond motifs is 1. The first-order valence-corrected chi connectivity index (χ1v) is 15.1. The molecular weight excluding hydrogens is 580 g/mol. The summed E-state index contributed by atoms with van der Waals surface area (Å²) in [5.74, 6) is -0.641. The van der Waals surface area contributed by atoms with Crippen LogP contribution in [0.5, 0.6) is 0 Å². The van der Waals surface area contributed by atoms with Crippen molar-refractivity contribution < 1.29 is 14.3 Å². The van der Waals surface area contributed by atoms with Crippen molar-refractivity contribution in [3.8, 4) is 0 Å². The van der Waals surface area contributed by atoms with Gasteiger partial charge in [-0.15, -0.1) is 0 Å². The summed E-state index contributed by atoms with van der Waals surface area (Å²) >= 11 is 37.4. The van der Waals surface area contributed by atoms with Gasteiger partial charge in [0.2, 0.25) is 0 Å². The Balaban J connectivity index is 1.69. The molecule has 1 amide bonds. The van der Waals surface area contributed by atoms with Crippen LogP contribution in [0.25, 0.3) is 0 Å². The Morgan fingerprint density at radius 3 is 2.22 bits per heavy atom. The number of hydrogen-bond donors (Lipinski definition) is 1. The fraction of sp³-hybridized carbons (Fsp3) is 0.579. The second-order valence-corrected chi connectivity index (χ2v) is 17.7. The monoisotopic (exact) mass is 600 g/mol. The Morgan fingerprint density at radius 2 is 1.69 bits per heavy atom. The average molecular weight is 603 g/mol. The number of esters is 1. The molecule has 3 atom stereocenters. The molecule has 2 heterocycles. The van der Waals surface area contributed by atoms with Crippen molar-refractivity contribution >= 4 is 101 Å². The van der Waals surface area contributed by atoms with Gasteiger partial charge >= 0.3 is 224 Å². The van der Waals surface area contributed by atoms with Gasteiger partial charge in [0.05, 0.1) is 0 Å². The minimum absolute atomic E-state index is 0.146. The van der Waals surface area contributed by atoms with Gasteiger partial charge in [0.25, 0.3) is 0 Å². The number of amides is 1. The Morgan fingerprint density at radius 1 is 1.12 bits per heavy atom. The van der Waals surface area contributed by atoms with E-state index in [2.05, 4.69) is 5.09 Å².